The molecule has 0 aliphatic carbocycles. The summed E-state index contributed by atoms with van der Waals surface area (Å²) in [5.41, 5.74) is 1.77. The van der Waals surface area contributed by atoms with Crippen LogP contribution in [0.15, 0.2) is 78.2 Å². The largest absolute Gasteiger partial charge is 0.573 e. The first-order valence-corrected chi connectivity index (χ1v) is 10.9. The number of benzene rings is 1. The van der Waals surface area contributed by atoms with Crippen molar-refractivity contribution in [3.63, 3.8) is 0 Å². The van der Waals surface area contributed by atoms with E-state index >= 15 is 0 Å². The van der Waals surface area contributed by atoms with Crippen LogP contribution in [0.5, 0.6) is 5.75 Å². The number of anilines is 1. The highest BCUT2D eigenvalue weighted by Crippen LogP contribution is 2.28. The lowest BCUT2D eigenvalue weighted by atomic mass is 10.1. The van der Waals surface area contributed by atoms with Gasteiger partial charge in [-0.05, 0) is 55.0 Å². The zero-order valence-electron chi connectivity index (χ0n) is 16.6. The first-order chi connectivity index (χ1) is 15.0. The van der Waals surface area contributed by atoms with Gasteiger partial charge in [-0.15, -0.1) is 13.2 Å². The van der Waals surface area contributed by atoms with Crippen LogP contribution < -0.4 is 9.46 Å². The summed E-state index contributed by atoms with van der Waals surface area (Å²) in [6.07, 6.45) is 2.08. The van der Waals surface area contributed by atoms with Crippen LogP contribution in [-0.4, -0.2) is 24.4 Å². The van der Waals surface area contributed by atoms with E-state index in [0.717, 1.165) is 29.8 Å². The Morgan fingerprint density at radius 3 is 2.50 bits per heavy atom. The number of hydrogen-bond donors (Lipinski definition) is 1. The topological polar surface area (TPSA) is 72.7 Å². The van der Waals surface area contributed by atoms with Crippen molar-refractivity contribution in [2.45, 2.75) is 18.2 Å². The number of pyridine rings is 1. The van der Waals surface area contributed by atoms with Crippen molar-refractivity contribution in [2.24, 2.45) is 0 Å². The Hall–Kier alpha value is -3.24. The number of allylic oxidation sites excluding steroid dienone is 5. The Morgan fingerprint density at radius 1 is 1.22 bits per heavy atom. The van der Waals surface area contributed by atoms with Gasteiger partial charge in [0.2, 0.25) is 0 Å². The lowest BCUT2D eigenvalue weighted by Crippen LogP contribution is -2.18. The molecule has 0 atom stereocenters. The molecule has 0 unspecified atom stereocenters. The highest BCUT2D eigenvalue weighted by molar-refractivity contribution is 7.92. The van der Waals surface area contributed by atoms with Gasteiger partial charge in [-0.2, -0.15) is 5.10 Å². The number of sulfonamides is 1. The van der Waals surface area contributed by atoms with Crippen LogP contribution >= 0.6 is 11.6 Å². The van der Waals surface area contributed by atoms with E-state index in [-0.39, 0.29) is 10.7 Å². The molecule has 3 aromatic rings. The van der Waals surface area contributed by atoms with Crippen molar-refractivity contribution in [3.05, 3.63) is 84.1 Å². The summed E-state index contributed by atoms with van der Waals surface area (Å²) < 4.78 is 70.0. The predicted molar refractivity (Wildman–Crippen MR) is 117 cm³/mol. The second kappa shape index (κ2) is 9.09. The highest BCUT2D eigenvalue weighted by atomic mass is 35.5. The van der Waals surface area contributed by atoms with Crippen molar-refractivity contribution in [2.75, 3.05) is 4.72 Å². The predicted octanol–water partition coefficient (Wildman–Crippen LogP) is 5.83. The fourth-order valence-corrected chi connectivity index (χ4v) is 4.02. The fourth-order valence-electron chi connectivity index (χ4n) is 2.78. The van der Waals surface area contributed by atoms with Gasteiger partial charge < -0.3 is 4.74 Å². The summed E-state index contributed by atoms with van der Waals surface area (Å²) in [5.74, 6) is -0.442. The lowest BCUT2D eigenvalue weighted by molar-refractivity contribution is -0.274. The van der Waals surface area contributed by atoms with Gasteiger partial charge in [0.15, 0.2) is 0 Å². The van der Waals surface area contributed by atoms with Gasteiger partial charge >= 0.3 is 6.36 Å². The van der Waals surface area contributed by atoms with Crippen LogP contribution in [0.3, 0.4) is 0 Å². The molecule has 0 aliphatic rings. The molecule has 6 nitrogen and oxygen atoms in total. The Morgan fingerprint density at radius 2 is 1.91 bits per heavy atom. The summed E-state index contributed by atoms with van der Waals surface area (Å²) in [6.45, 7) is 5.45. The zero-order valence-corrected chi connectivity index (χ0v) is 18.2. The molecule has 11 heteroatoms. The first-order valence-electron chi connectivity index (χ1n) is 9.07. The molecule has 0 aliphatic heterocycles. The van der Waals surface area contributed by atoms with E-state index in [0.29, 0.717) is 16.2 Å². The van der Waals surface area contributed by atoms with E-state index in [1.165, 1.54) is 16.6 Å². The van der Waals surface area contributed by atoms with E-state index < -0.39 is 22.1 Å². The van der Waals surface area contributed by atoms with Crippen molar-refractivity contribution < 1.29 is 26.3 Å². The van der Waals surface area contributed by atoms with Crippen LogP contribution in [0.1, 0.15) is 12.6 Å². The number of alkyl halides is 3. The average Bonchev–Trinajstić information content (AvgIpc) is 3.16. The third kappa shape index (κ3) is 5.32. The average molecular weight is 484 g/mol. The van der Waals surface area contributed by atoms with Gasteiger partial charge in [-0.25, -0.2) is 12.9 Å². The normalized spacial score (nSPS) is 13.0. The summed E-state index contributed by atoms with van der Waals surface area (Å²) >= 11 is 6.26. The van der Waals surface area contributed by atoms with E-state index in [1.807, 2.05) is 13.0 Å². The van der Waals surface area contributed by atoms with Gasteiger partial charge in [0.05, 0.1) is 21.1 Å². The molecule has 0 saturated carbocycles. The Bertz CT molecular complexity index is 1310. The molecule has 0 saturated heterocycles. The van der Waals surface area contributed by atoms with Crippen LogP contribution in [0.2, 0.25) is 5.02 Å². The number of halogens is 4. The molecule has 0 fully saturated rings. The van der Waals surface area contributed by atoms with E-state index in [9.17, 15) is 21.6 Å². The molecular formula is C21H17ClF3N3O3S. The van der Waals surface area contributed by atoms with Crippen molar-refractivity contribution in [3.8, 4) is 5.75 Å². The van der Waals surface area contributed by atoms with E-state index in [4.69, 9.17) is 11.6 Å². The minimum atomic E-state index is -4.88. The fraction of sp³-hybridized carbons (Fsp3) is 0.0952. The van der Waals surface area contributed by atoms with Crippen LogP contribution in [0, 0.1) is 0 Å². The highest BCUT2D eigenvalue weighted by Gasteiger charge is 2.31. The third-order valence-electron chi connectivity index (χ3n) is 4.19. The minimum absolute atomic E-state index is 0.0921. The molecule has 3 rings (SSSR count). The third-order valence-corrected chi connectivity index (χ3v) is 5.89. The minimum Gasteiger partial charge on any atom is -0.406 e. The standard InChI is InChI=1S/C21H17ClF3N3O3S/c1-3-5-6-14(4-2)18-13-19-17(22)11-12-20(28(19)26-18)27-32(29,30)16-9-7-15(8-10-16)31-21(23,24)25/h3-13,27H,1H2,2H3/b6-5-,14-4+. The van der Waals surface area contributed by atoms with Crippen molar-refractivity contribution >= 4 is 38.5 Å². The van der Waals surface area contributed by atoms with E-state index in [2.05, 4.69) is 21.1 Å². The summed E-state index contributed by atoms with van der Waals surface area (Å²) in [5, 5.41) is 4.79. The second-order valence-electron chi connectivity index (χ2n) is 6.36. The molecule has 0 spiro atoms. The molecule has 168 valence electrons. The molecule has 2 heterocycles. The van der Waals surface area contributed by atoms with Crippen LogP contribution in [-0.2, 0) is 10.0 Å². The summed E-state index contributed by atoms with van der Waals surface area (Å²) in [7, 11) is -4.14. The van der Waals surface area contributed by atoms with E-state index in [1.54, 1.807) is 24.3 Å². The van der Waals surface area contributed by atoms with Crippen LogP contribution in [0.4, 0.5) is 19.0 Å². The quantitative estimate of drug-likeness (QED) is 0.429. The molecular weight excluding hydrogens is 467 g/mol. The zero-order chi connectivity index (χ0) is 23.5. The number of fused-ring (bicyclic) bond motifs is 1. The van der Waals surface area contributed by atoms with Gasteiger partial charge in [-0.3, -0.25) is 4.72 Å². The number of aromatic nitrogens is 2. The van der Waals surface area contributed by atoms with Gasteiger partial charge in [0, 0.05) is 0 Å². The van der Waals surface area contributed by atoms with Gasteiger partial charge in [0.1, 0.15) is 11.6 Å². The molecule has 0 amide bonds. The molecule has 2 aromatic heterocycles. The Kier molecular flexibility index (Phi) is 6.65. The van der Waals surface area contributed by atoms with Crippen molar-refractivity contribution in [1.29, 1.82) is 0 Å². The molecule has 1 N–H and O–H groups in total. The number of hydrogen-bond acceptors (Lipinski definition) is 4. The number of rotatable bonds is 7. The number of nitrogens with one attached hydrogen (secondary N) is 1. The monoisotopic (exact) mass is 483 g/mol. The smallest absolute Gasteiger partial charge is 0.406 e. The maximum absolute atomic E-state index is 12.8. The summed E-state index contributed by atoms with van der Waals surface area (Å²) in [6, 6.07) is 8.47. The summed E-state index contributed by atoms with van der Waals surface area (Å²) in [4.78, 5) is -0.259. The van der Waals surface area contributed by atoms with Crippen molar-refractivity contribution in [1.82, 2.24) is 9.61 Å². The van der Waals surface area contributed by atoms with Gasteiger partial charge in [0.25, 0.3) is 10.0 Å². The number of nitrogens with zero attached hydrogens (tertiary/aromatic N) is 2. The van der Waals surface area contributed by atoms with Gasteiger partial charge in [-0.1, -0.05) is 42.5 Å². The second-order valence-corrected chi connectivity index (χ2v) is 8.45. The SMILES string of the molecule is C=C/C=C\C(=C/C)c1cc2c(Cl)ccc(NS(=O)(=O)c3ccc(OC(F)(F)F)cc3)n2n1. The Labute approximate surface area is 187 Å². The lowest BCUT2D eigenvalue weighted by Gasteiger charge is -2.12. The molecule has 0 radical (unpaired) electrons. The first kappa shape index (κ1) is 23.4. The maximum atomic E-state index is 12.8. The molecule has 32 heavy (non-hydrogen) atoms. The van der Waals surface area contributed by atoms with Crippen LogP contribution in [0.25, 0.3) is 11.1 Å². The molecule has 1 aromatic carbocycles. The number of ether oxygens (including phenoxy) is 1. The maximum Gasteiger partial charge on any atom is 0.573 e. The molecule has 0 bridgehead atoms. The Balaban J connectivity index is 1.96.